The molecule has 170 valence electrons. The van der Waals surface area contributed by atoms with Crippen LogP contribution in [0.3, 0.4) is 0 Å². The Hall–Kier alpha value is -1.80. The zero-order valence-corrected chi connectivity index (χ0v) is 18.8. The second-order valence-electron chi connectivity index (χ2n) is 9.28. The summed E-state index contributed by atoms with van der Waals surface area (Å²) in [6.45, 7) is 11.0. The number of aromatic nitrogens is 2. The number of H-pyrrole nitrogens is 1. The lowest BCUT2D eigenvalue weighted by atomic mass is 9.97. The van der Waals surface area contributed by atoms with Crippen molar-refractivity contribution in [1.29, 1.82) is 0 Å². The van der Waals surface area contributed by atoms with E-state index in [4.69, 9.17) is 0 Å². The summed E-state index contributed by atoms with van der Waals surface area (Å²) in [6, 6.07) is 8.19. The van der Waals surface area contributed by atoms with Gasteiger partial charge < -0.3 is 10.0 Å². The Bertz CT molecular complexity index is 816. The minimum absolute atomic E-state index is 0.229. The third-order valence-corrected chi connectivity index (χ3v) is 7.02. The summed E-state index contributed by atoms with van der Waals surface area (Å²) in [7, 11) is 0. The second-order valence-corrected chi connectivity index (χ2v) is 9.28. The van der Waals surface area contributed by atoms with E-state index in [-0.39, 0.29) is 12.4 Å². The zero-order chi connectivity index (χ0) is 21.8. The molecule has 2 aliphatic heterocycles. The number of aliphatic hydroxyl groups excluding tert-OH is 1. The highest BCUT2D eigenvalue weighted by atomic mass is 19.1. The third kappa shape index (κ3) is 5.34. The van der Waals surface area contributed by atoms with E-state index in [2.05, 4.69) is 38.7 Å². The van der Waals surface area contributed by atoms with Crippen LogP contribution >= 0.6 is 0 Å². The number of piperazine rings is 1. The fourth-order valence-corrected chi connectivity index (χ4v) is 5.24. The van der Waals surface area contributed by atoms with Gasteiger partial charge in [0.1, 0.15) is 5.82 Å². The molecule has 0 aliphatic carbocycles. The molecule has 1 aromatic carbocycles. The number of piperidine rings is 1. The Labute approximate surface area is 185 Å². The Morgan fingerprint density at radius 1 is 1.13 bits per heavy atom. The molecule has 2 saturated heterocycles. The number of hydrogen-bond acceptors (Lipinski definition) is 5. The Morgan fingerprint density at radius 2 is 1.87 bits per heavy atom. The topological polar surface area (TPSA) is 58.6 Å². The van der Waals surface area contributed by atoms with Crippen molar-refractivity contribution in [2.24, 2.45) is 0 Å². The molecular weight excluding hydrogens is 393 g/mol. The van der Waals surface area contributed by atoms with Gasteiger partial charge in [0.2, 0.25) is 0 Å². The van der Waals surface area contributed by atoms with Crippen LogP contribution in [-0.2, 0) is 6.54 Å². The SMILES string of the molecule is CC(C)N1CCC(N2CCN(Cc3cn[nH]c3-c3ccc(F)cc3)CC2CCO)CC1. The van der Waals surface area contributed by atoms with Crippen molar-refractivity contribution in [2.75, 3.05) is 39.3 Å². The minimum atomic E-state index is -0.230. The number of benzene rings is 1. The predicted molar refractivity (Wildman–Crippen MR) is 121 cm³/mol. The summed E-state index contributed by atoms with van der Waals surface area (Å²) in [5.74, 6) is -0.230. The standard InChI is InChI=1S/C24H36FN5O/c1-18(2)29-10-7-22(8-11-29)30-13-12-28(17-23(30)9-14-31)16-20-15-26-27-24(20)19-3-5-21(25)6-4-19/h3-6,15,18,22-23,31H,7-14,16-17H2,1-2H3,(H,26,27). The molecule has 0 radical (unpaired) electrons. The molecule has 6 nitrogen and oxygen atoms in total. The maximum Gasteiger partial charge on any atom is 0.123 e. The number of likely N-dealkylation sites (tertiary alicyclic amines) is 1. The summed E-state index contributed by atoms with van der Waals surface area (Å²) < 4.78 is 13.3. The molecule has 7 heteroatoms. The number of aliphatic hydroxyl groups is 1. The van der Waals surface area contributed by atoms with Gasteiger partial charge in [0.05, 0.1) is 11.9 Å². The van der Waals surface area contributed by atoms with E-state index in [1.807, 2.05) is 6.20 Å². The summed E-state index contributed by atoms with van der Waals surface area (Å²) in [4.78, 5) is 7.71. The van der Waals surface area contributed by atoms with E-state index >= 15 is 0 Å². The molecule has 0 bridgehead atoms. The molecule has 0 spiro atoms. The normalized spacial score (nSPS) is 22.4. The first-order valence-electron chi connectivity index (χ1n) is 11.7. The van der Waals surface area contributed by atoms with Gasteiger partial charge in [0.15, 0.2) is 0 Å². The van der Waals surface area contributed by atoms with Gasteiger partial charge in [0, 0.05) is 62.0 Å². The number of aromatic amines is 1. The van der Waals surface area contributed by atoms with Crippen molar-refractivity contribution in [1.82, 2.24) is 24.9 Å². The quantitative estimate of drug-likeness (QED) is 0.709. The van der Waals surface area contributed by atoms with Crippen LogP contribution in [0.1, 0.15) is 38.7 Å². The lowest BCUT2D eigenvalue weighted by Crippen LogP contribution is -2.58. The van der Waals surface area contributed by atoms with E-state index < -0.39 is 0 Å². The highest BCUT2D eigenvalue weighted by molar-refractivity contribution is 5.62. The molecule has 2 aliphatic rings. The number of nitrogens with zero attached hydrogens (tertiary/aromatic N) is 4. The van der Waals surface area contributed by atoms with Gasteiger partial charge in [-0.1, -0.05) is 0 Å². The molecule has 1 unspecified atom stereocenters. The number of nitrogens with one attached hydrogen (secondary N) is 1. The number of hydrogen-bond donors (Lipinski definition) is 2. The molecule has 2 aromatic rings. The van der Waals surface area contributed by atoms with Crippen molar-refractivity contribution in [3.05, 3.63) is 41.8 Å². The fraction of sp³-hybridized carbons (Fsp3) is 0.625. The van der Waals surface area contributed by atoms with Crippen LogP contribution in [0, 0.1) is 5.82 Å². The maximum absolute atomic E-state index is 13.3. The summed E-state index contributed by atoms with van der Waals surface area (Å²) in [6.07, 6.45) is 5.14. The summed E-state index contributed by atoms with van der Waals surface area (Å²) in [5, 5.41) is 17.0. The van der Waals surface area contributed by atoms with Gasteiger partial charge in [-0.2, -0.15) is 5.10 Å². The van der Waals surface area contributed by atoms with Crippen LogP contribution in [-0.4, -0.2) is 87.5 Å². The van der Waals surface area contributed by atoms with Crippen LogP contribution in [0.25, 0.3) is 11.3 Å². The molecule has 0 amide bonds. The van der Waals surface area contributed by atoms with Gasteiger partial charge >= 0.3 is 0 Å². The van der Waals surface area contributed by atoms with Crippen molar-refractivity contribution >= 4 is 0 Å². The number of halogens is 1. The fourth-order valence-electron chi connectivity index (χ4n) is 5.24. The van der Waals surface area contributed by atoms with Crippen LogP contribution in [0.2, 0.25) is 0 Å². The van der Waals surface area contributed by atoms with Gasteiger partial charge in [-0.15, -0.1) is 0 Å². The first kappa shape index (κ1) is 22.4. The van der Waals surface area contributed by atoms with Crippen LogP contribution in [0.5, 0.6) is 0 Å². The number of rotatable bonds is 7. The first-order chi connectivity index (χ1) is 15.0. The molecule has 3 heterocycles. The van der Waals surface area contributed by atoms with Gasteiger partial charge in [-0.25, -0.2) is 4.39 Å². The monoisotopic (exact) mass is 429 g/mol. The van der Waals surface area contributed by atoms with E-state index in [0.717, 1.165) is 49.4 Å². The highest BCUT2D eigenvalue weighted by Crippen LogP contribution is 2.27. The molecule has 1 aromatic heterocycles. The van der Waals surface area contributed by atoms with E-state index in [0.29, 0.717) is 18.1 Å². The molecule has 2 fully saturated rings. The average Bonchev–Trinajstić information content (AvgIpc) is 3.23. The van der Waals surface area contributed by atoms with Gasteiger partial charge in [-0.05, 0) is 70.5 Å². The van der Waals surface area contributed by atoms with Gasteiger partial charge in [-0.3, -0.25) is 14.9 Å². The van der Waals surface area contributed by atoms with E-state index in [1.165, 1.54) is 38.1 Å². The van der Waals surface area contributed by atoms with Crippen molar-refractivity contribution < 1.29 is 9.50 Å². The maximum atomic E-state index is 13.3. The molecule has 4 rings (SSSR count). The summed E-state index contributed by atoms with van der Waals surface area (Å²) in [5.41, 5.74) is 3.05. The molecule has 31 heavy (non-hydrogen) atoms. The van der Waals surface area contributed by atoms with Crippen molar-refractivity contribution in [3.8, 4) is 11.3 Å². The van der Waals surface area contributed by atoms with E-state index in [1.54, 1.807) is 12.1 Å². The predicted octanol–water partition coefficient (Wildman–Crippen LogP) is 2.96. The zero-order valence-electron chi connectivity index (χ0n) is 18.8. The first-order valence-corrected chi connectivity index (χ1v) is 11.7. The van der Waals surface area contributed by atoms with Crippen molar-refractivity contribution in [3.63, 3.8) is 0 Å². The highest BCUT2D eigenvalue weighted by Gasteiger charge is 2.34. The largest absolute Gasteiger partial charge is 0.396 e. The van der Waals surface area contributed by atoms with Crippen LogP contribution < -0.4 is 0 Å². The van der Waals surface area contributed by atoms with Crippen molar-refractivity contribution in [2.45, 2.75) is 57.8 Å². The molecular formula is C24H36FN5O. The lowest BCUT2D eigenvalue weighted by molar-refractivity contribution is 0.00000969. The second kappa shape index (κ2) is 10.2. The summed E-state index contributed by atoms with van der Waals surface area (Å²) >= 11 is 0. The average molecular weight is 430 g/mol. The molecule has 2 N–H and O–H groups in total. The smallest absolute Gasteiger partial charge is 0.123 e. The molecule has 1 atom stereocenters. The minimum Gasteiger partial charge on any atom is -0.396 e. The molecule has 0 saturated carbocycles. The van der Waals surface area contributed by atoms with E-state index in [9.17, 15) is 9.50 Å². The van der Waals surface area contributed by atoms with Crippen LogP contribution in [0.4, 0.5) is 4.39 Å². The Morgan fingerprint density at radius 3 is 2.55 bits per heavy atom. The third-order valence-electron chi connectivity index (χ3n) is 7.02. The van der Waals surface area contributed by atoms with Gasteiger partial charge in [0.25, 0.3) is 0 Å². The van der Waals surface area contributed by atoms with Crippen LogP contribution in [0.15, 0.2) is 30.5 Å². The Kier molecular flexibility index (Phi) is 7.38. The Balaban J connectivity index is 1.39. The lowest BCUT2D eigenvalue weighted by Gasteiger charge is -2.48.